The number of aromatic nitrogens is 3. The monoisotopic (exact) mass is 385 g/mol. The largest absolute Gasteiger partial charge is 0.345 e. The number of benzene rings is 1. The minimum Gasteiger partial charge on any atom is -0.338 e. The lowest BCUT2D eigenvalue weighted by Gasteiger charge is -2.18. The second-order valence-electron chi connectivity index (χ2n) is 7.46. The molecule has 2 aromatic rings. The van der Waals surface area contributed by atoms with Crippen LogP contribution in [0.25, 0.3) is 0 Å². The maximum atomic E-state index is 12.3. The Morgan fingerprint density at radius 3 is 2.82 bits per heavy atom. The summed E-state index contributed by atoms with van der Waals surface area (Å²) in [4.78, 5) is 24.5. The van der Waals surface area contributed by atoms with Crippen molar-refractivity contribution in [3.05, 3.63) is 52.2 Å². The van der Waals surface area contributed by atoms with Gasteiger partial charge in [-0.05, 0) is 37.7 Å². The van der Waals surface area contributed by atoms with E-state index in [2.05, 4.69) is 34.8 Å². The Labute approximate surface area is 166 Å². The van der Waals surface area contributed by atoms with E-state index in [9.17, 15) is 9.59 Å². The number of carbonyl (C=O) groups excluding carboxylic acids is 1. The van der Waals surface area contributed by atoms with Crippen LogP contribution >= 0.6 is 0 Å². The van der Waals surface area contributed by atoms with E-state index in [4.69, 9.17) is 0 Å². The topological polar surface area (TPSA) is 81.0 Å². The molecule has 3 rings (SSSR count). The minimum absolute atomic E-state index is 0.0231. The maximum Gasteiger partial charge on any atom is 0.345 e. The zero-order valence-electron chi connectivity index (χ0n) is 16.7. The van der Waals surface area contributed by atoms with Gasteiger partial charge in [0.1, 0.15) is 5.82 Å². The fourth-order valence-electron chi connectivity index (χ4n) is 3.73. The normalized spacial score (nSPS) is 14.3. The lowest BCUT2D eigenvalue weighted by atomic mass is 10.0. The third kappa shape index (κ3) is 5.47. The Hall–Kier alpha value is -2.57. The molecule has 2 N–H and O–H groups in total. The fraction of sp³-hybridized carbons (Fsp3) is 0.571. The van der Waals surface area contributed by atoms with Crippen molar-refractivity contribution in [3.63, 3.8) is 0 Å². The number of hydrogen-bond acceptors (Lipinski definition) is 3. The first-order valence-electron chi connectivity index (χ1n) is 10.4. The smallest absolute Gasteiger partial charge is 0.338 e. The SMILES string of the molecule is CCCC(Cc1ccccc1)NC(=O)NCCCn1nc2n(c1=O)CCCC2. The molecule has 0 fully saturated rings. The molecule has 1 unspecified atom stereocenters. The highest BCUT2D eigenvalue weighted by Gasteiger charge is 2.16. The van der Waals surface area contributed by atoms with Crippen LogP contribution in [-0.2, 0) is 25.9 Å². The van der Waals surface area contributed by atoms with Crippen LogP contribution in [0.1, 0.15) is 50.4 Å². The van der Waals surface area contributed by atoms with Gasteiger partial charge in [0.25, 0.3) is 0 Å². The first kappa shape index (κ1) is 20.2. The standard InChI is InChI=1S/C21H31N5O2/c1-2-9-18(16-17-10-4-3-5-11-17)23-20(27)22-13-8-15-26-21(28)25-14-7-6-12-19(25)24-26/h3-5,10-11,18H,2,6-9,12-16H2,1H3,(H2,22,23,27). The van der Waals surface area contributed by atoms with Crippen LogP contribution in [0.5, 0.6) is 0 Å². The van der Waals surface area contributed by atoms with Gasteiger partial charge in [0, 0.05) is 32.1 Å². The van der Waals surface area contributed by atoms with Gasteiger partial charge < -0.3 is 10.6 Å². The summed E-state index contributed by atoms with van der Waals surface area (Å²) in [5.41, 5.74) is 1.20. The zero-order chi connectivity index (χ0) is 19.8. The second kappa shape index (κ2) is 10.1. The van der Waals surface area contributed by atoms with Crippen LogP contribution in [0, 0.1) is 0 Å². The van der Waals surface area contributed by atoms with Crippen LogP contribution in [0.2, 0.25) is 0 Å². The van der Waals surface area contributed by atoms with Gasteiger partial charge >= 0.3 is 11.7 Å². The zero-order valence-corrected chi connectivity index (χ0v) is 16.7. The van der Waals surface area contributed by atoms with E-state index in [-0.39, 0.29) is 17.8 Å². The molecule has 7 nitrogen and oxygen atoms in total. The molecule has 0 spiro atoms. The molecular formula is C21H31N5O2. The minimum atomic E-state index is -0.147. The molecule has 0 radical (unpaired) electrons. The number of rotatable bonds is 9. The highest BCUT2D eigenvalue weighted by atomic mass is 16.2. The Morgan fingerprint density at radius 2 is 2.07 bits per heavy atom. The van der Waals surface area contributed by atoms with Crippen LogP contribution in [-0.4, -0.2) is 33.0 Å². The molecule has 2 amide bonds. The molecule has 1 aliphatic heterocycles. The summed E-state index contributed by atoms with van der Waals surface area (Å²) in [5.74, 6) is 0.894. The van der Waals surface area contributed by atoms with Crippen LogP contribution in [0.3, 0.4) is 0 Å². The summed E-state index contributed by atoms with van der Waals surface area (Å²) in [6.07, 6.45) is 6.49. The van der Waals surface area contributed by atoms with Crippen LogP contribution in [0.4, 0.5) is 4.79 Å². The number of hydrogen-bond donors (Lipinski definition) is 2. The molecule has 7 heteroatoms. The quantitative estimate of drug-likeness (QED) is 0.651. The van der Waals surface area contributed by atoms with Crippen molar-refractivity contribution in [3.8, 4) is 0 Å². The Bertz CT molecular complexity index is 812. The summed E-state index contributed by atoms with van der Waals surface area (Å²) in [6.45, 7) is 3.95. The molecule has 1 aromatic heterocycles. The predicted octanol–water partition coefficient (Wildman–Crippen LogP) is 2.48. The van der Waals surface area contributed by atoms with Crippen molar-refractivity contribution in [2.75, 3.05) is 6.54 Å². The van der Waals surface area contributed by atoms with Crippen molar-refractivity contribution >= 4 is 6.03 Å². The summed E-state index contributed by atoms with van der Waals surface area (Å²) in [6, 6.07) is 10.2. The third-order valence-electron chi connectivity index (χ3n) is 5.16. The van der Waals surface area contributed by atoms with Gasteiger partial charge in [0.05, 0.1) is 0 Å². The lowest BCUT2D eigenvalue weighted by molar-refractivity contribution is 0.235. The van der Waals surface area contributed by atoms with E-state index in [0.29, 0.717) is 19.5 Å². The van der Waals surface area contributed by atoms with Crippen LogP contribution < -0.4 is 16.3 Å². The van der Waals surface area contributed by atoms with E-state index < -0.39 is 0 Å². The molecule has 1 aliphatic rings. The third-order valence-corrected chi connectivity index (χ3v) is 5.16. The van der Waals surface area contributed by atoms with Gasteiger partial charge in [-0.2, -0.15) is 5.10 Å². The molecule has 152 valence electrons. The number of urea groups is 1. The molecule has 0 bridgehead atoms. The Morgan fingerprint density at radius 1 is 1.25 bits per heavy atom. The number of fused-ring (bicyclic) bond motifs is 1. The van der Waals surface area contributed by atoms with E-state index in [0.717, 1.165) is 50.9 Å². The first-order valence-corrected chi connectivity index (χ1v) is 10.4. The number of amides is 2. The molecule has 2 heterocycles. The summed E-state index contributed by atoms with van der Waals surface area (Å²) in [7, 11) is 0. The van der Waals surface area contributed by atoms with E-state index in [1.807, 2.05) is 18.2 Å². The Balaban J connectivity index is 1.42. The first-order chi connectivity index (χ1) is 13.7. The van der Waals surface area contributed by atoms with Crippen molar-refractivity contribution in [1.82, 2.24) is 25.0 Å². The molecule has 0 saturated heterocycles. The molecule has 28 heavy (non-hydrogen) atoms. The summed E-state index contributed by atoms with van der Waals surface area (Å²) < 4.78 is 3.32. The molecule has 1 atom stereocenters. The molecule has 1 aromatic carbocycles. The molecular weight excluding hydrogens is 354 g/mol. The van der Waals surface area contributed by atoms with Crippen molar-refractivity contribution < 1.29 is 4.79 Å². The number of nitrogens with one attached hydrogen (secondary N) is 2. The average Bonchev–Trinajstić information content (AvgIpc) is 3.02. The van der Waals surface area contributed by atoms with Crippen LogP contribution in [0.15, 0.2) is 35.1 Å². The van der Waals surface area contributed by atoms with Gasteiger partial charge in [0.15, 0.2) is 0 Å². The number of carbonyl (C=O) groups is 1. The van der Waals surface area contributed by atoms with E-state index in [1.54, 1.807) is 4.57 Å². The predicted molar refractivity (Wildman–Crippen MR) is 109 cm³/mol. The van der Waals surface area contributed by atoms with Gasteiger partial charge in [-0.1, -0.05) is 43.7 Å². The number of nitrogens with zero attached hydrogens (tertiary/aromatic N) is 3. The van der Waals surface area contributed by atoms with Crippen molar-refractivity contribution in [1.29, 1.82) is 0 Å². The van der Waals surface area contributed by atoms with Gasteiger partial charge in [-0.3, -0.25) is 4.57 Å². The summed E-state index contributed by atoms with van der Waals surface area (Å²) in [5, 5.41) is 10.4. The average molecular weight is 386 g/mol. The highest BCUT2D eigenvalue weighted by molar-refractivity contribution is 5.74. The fourth-order valence-corrected chi connectivity index (χ4v) is 3.73. The number of aryl methyl sites for hydroxylation is 2. The summed E-state index contributed by atoms with van der Waals surface area (Å²) >= 11 is 0. The van der Waals surface area contributed by atoms with Gasteiger partial charge in [-0.15, -0.1) is 0 Å². The molecule has 0 aliphatic carbocycles. The maximum absolute atomic E-state index is 12.3. The van der Waals surface area contributed by atoms with Crippen molar-refractivity contribution in [2.45, 2.75) is 71.0 Å². The van der Waals surface area contributed by atoms with Gasteiger partial charge in [-0.25, -0.2) is 14.3 Å². The lowest BCUT2D eigenvalue weighted by Crippen LogP contribution is -2.43. The highest BCUT2D eigenvalue weighted by Crippen LogP contribution is 2.09. The second-order valence-corrected chi connectivity index (χ2v) is 7.46. The van der Waals surface area contributed by atoms with E-state index >= 15 is 0 Å². The van der Waals surface area contributed by atoms with Crippen molar-refractivity contribution in [2.24, 2.45) is 0 Å². The molecule has 0 saturated carbocycles. The Kier molecular flexibility index (Phi) is 7.28. The van der Waals surface area contributed by atoms with Gasteiger partial charge in [0.2, 0.25) is 0 Å². The van der Waals surface area contributed by atoms with E-state index in [1.165, 1.54) is 10.2 Å².